The van der Waals surface area contributed by atoms with Crippen LogP contribution >= 0.6 is 15.9 Å². The molecule has 3 amide bonds. The number of hydrogen-bond acceptors (Lipinski definition) is 5. The Morgan fingerprint density at radius 3 is 2.03 bits per heavy atom. The molecule has 0 saturated heterocycles. The van der Waals surface area contributed by atoms with Crippen LogP contribution in [-0.4, -0.2) is 49.7 Å². The van der Waals surface area contributed by atoms with Gasteiger partial charge in [-0.1, -0.05) is 26.8 Å². The lowest BCUT2D eigenvalue weighted by Crippen LogP contribution is -2.37. The first-order valence-electron chi connectivity index (χ1n) is 11.2. The topological polar surface area (TPSA) is 106 Å². The van der Waals surface area contributed by atoms with Crippen molar-refractivity contribution in [2.75, 3.05) is 26.2 Å². The summed E-state index contributed by atoms with van der Waals surface area (Å²) in [5, 5.41) is 7.98. The first-order chi connectivity index (χ1) is 15.3. The highest BCUT2D eigenvalue weighted by Crippen LogP contribution is 2.31. The monoisotopic (exact) mass is 527 g/mol. The Hall–Kier alpha value is -2.29. The van der Waals surface area contributed by atoms with E-state index in [0.29, 0.717) is 32.5 Å². The second-order valence-electron chi connectivity index (χ2n) is 9.73. The van der Waals surface area contributed by atoms with Gasteiger partial charge in [0.05, 0.1) is 11.1 Å². The van der Waals surface area contributed by atoms with E-state index in [9.17, 15) is 14.4 Å². The van der Waals surface area contributed by atoms with Gasteiger partial charge >= 0.3 is 6.09 Å². The van der Waals surface area contributed by atoms with Crippen LogP contribution in [0.4, 0.5) is 4.79 Å². The van der Waals surface area contributed by atoms with Crippen molar-refractivity contribution in [2.45, 2.75) is 71.8 Å². The Morgan fingerprint density at radius 2 is 1.48 bits per heavy atom. The van der Waals surface area contributed by atoms with Gasteiger partial charge in [0.15, 0.2) is 0 Å². The van der Waals surface area contributed by atoms with E-state index in [1.54, 1.807) is 20.8 Å². The molecule has 3 N–H and O–H groups in total. The summed E-state index contributed by atoms with van der Waals surface area (Å²) < 4.78 is 11.8. The van der Waals surface area contributed by atoms with Crippen molar-refractivity contribution in [1.82, 2.24) is 16.0 Å². The van der Waals surface area contributed by atoms with Gasteiger partial charge in [0.1, 0.15) is 11.4 Å². The molecule has 0 bridgehead atoms. The maximum Gasteiger partial charge on any atom is 0.407 e. The molecule has 9 heteroatoms. The fraction of sp³-hybridized carbons (Fsp3) is 0.625. The van der Waals surface area contributed by atoms with Crippen LogP contribution in [0.5, 0.6) is 5.75 Å². The Balaban J connectivity index is 2.12. The fourth-order valence-corrected chi connectivity index (χ4v) is 3.17. The number of amides is 3. The van der Waals surface area contributed by atoms with Crippen molar-refractivity contribution < 1.29 is 23.9 Å². The molecule has 0 aromatic heterocycles. The van der Waals surface area contributed by atoms with E-state index in [1.807, 2.05) is 6.07 Å². The highest BCUT2D eigenvalue weighted by Gasteiger charge is 2.16. The average Bonchev–Trinajstić information content (AvgIpc) is 2.67. The maximum absolute atomic E-state index is 11.9. The van der Waals surface area contributed by atoms with Crippen LogP contribution in [0.15, 0.2) is 22.7 Å². The third-order valence-corrected chi connectivity index (χ3v) is 5.01. The molecule has 0 fully saturated rings. The number of nitrogens with one attached hydrogen (secondary N) is 3. The molecule has 0 unspecified atom stereocenters. The minimum atomic E-state index is -0.578. The van der Waals surface area contributed by atoms with Crippen molar-refractivity contribution in [3.05, 3.63) is 28.2 Å². The fourth-order valence-electron chi connectivity index (χ4n) is 2.67. The van der Waals surface area contributed by atoms with E-state index < -0.39 is 11.7 Å². The van der Waals surface area contributed by atoms with E-state index in [-0.39, 0.29) is 30.2 Å². The highest BCUT2D eigenvalue weighted by atomic mass is 79.9. The van der Waals surface area contributed by atoms with Crippen LogP contribution in [0.25, 0.3) is 0 Å². The normalized spacial score (nSPS) is 11.5. The SMILES string of the molecule is CC(C)(C)OC(=O)NCCC(=O)NCCNC(=O)CCCOc1ccc(C(C)(C)C)cc1Br. The van der Waals surface area contributed by atoms with Crippen molar-refractivity contribution >= 4 is 33.8 Å². The van der Waals surface area contributed by atoms with Gasteiger partial charge < -0.3 is 25.4 Å². The van der Waals surface area contributed by atoms with Crippen molar-refractivity contribution in [2.24, 2.45) is 0 Å². The smallest absolute Gasteiger partial charge is 0.407 e. The lowest BCUT2D eigenvalue weighted by molar-refractivity contribution is -0.123. The lowest BCUT2D eigenvalue weighted by atomic mass is 9.87. The third kappa shape index (κ3) is 13.1. The van der Waals surface area contributed by atoms with Crippen molar-refractivity contribution in [3.63, 3.8) is 0 Å². The van der Waals surface area contributed by atoms with Crippen LogP contribution in [-0.2, 0) is 19.7 Å². The Bertz CT molecular complexity index is 800. The minimum absolute atomic E-state index is 0.0651. The molecule has 0 aliphatic rings. The van der Waals surface area contributed by atoms with Gasteiger partial charge in [-0.05, 0) is 66.2 Å². The first kappa shape index (κ1) is 28.7. The molecule has 186 valence electrons. The van der Waals surface area contributed by atoms with E-state index >= 15 is 0 Å². The number of rotatable bonds is 11. The van der Waals surface area contributed by atoms with Crippen molar-refractivity contribution in [3.8, 4) is 5.75 Å². The van der Waals surface area contributed by atoms with Gasteiger partial charge in [0.2, 0.25) is 11.8 Å². The van der Waals surface area contributed by atoms with Crippen LogP contribution in [0, 0.1) is 0 Å². The first-order valence-corrected chi connectivity index (χ1v) is 12.0. The second kappa shape index (κ2) is 13.4. The largest absolute Gasteiger partial charge is 0.492 e. The summed E-state index contributed by atoms with van der Waals surface area (Å²) in [6.45, 7) is 13.0. The van der Waals surface area contributed by atoms with Crippen LogP contribution in [0.1, 0.15) is 66.4 Å². The van der Waals surface area contributed by atoms with E-state index in [0.717, 1.165) is 10.2 Å². The number of alkyl carbamates (subject to hydrolysis) is 1. The number of carbonyl (C=O) groups excluding carboxylic acids is 3. The van der Waals surface area contributed by atoms with E-state index in [1.165, 1.54) is 5.56 Å². The summed E-state index contributed by atoms with van der Waals surface area (Å²) in [5.41, 5.74) is 0.702. The van der Waals surface area contributed by atoms with Crippen LogP contribution in [0.2, 0.25) is 0 Å². The summed E-state index contributed by atoms with van der Waals surface area (Å²) in [5.74, 6) is 0.450. The minimum Gasteiger partial charge on any atom is -0.492 e. The molecule has 0 heterocycles. The Morgan fingerprint density at radius 1 is 0.879 bits per heavy atom. The molecule has 0 aliphatic heterocycles. The van der Waals surface area contributed by atoms with Gasteiger partial charge in [-0.3, -0.25) is 9.59 Å². The predicted octanol–water partition coefficient (Wildman–Crippen LogP) is 4.05. The van der Waals surface area contributed by atoms with Gasteiger partial charge in [-0.25, -0.2) is 4.79 Å². The highest BCUT2D eigenvalue weighted by molar-refractivity contribution is 9.10. The molecular weight excluding hydrogens is 490 g/mol. The number of benzene rings is 1. The summed E-state index contributed by atoms with van der Waals surface area (Å²) in [6, 6.07) is 6.05. The summed E-state index contributed by atoms with van der Waals surface area (Å²) in [4.78, 5) is 35.2. The maximum atomic E-state index is 11.9. The molecule has 1 aromatic carbocycles. The standard InChI is InChI=1S/C24H38BrN3O5/c1-23(2,3)17-9-10-19(18(25)16-17)32-15-7-8-20(29)26-13-14-27-21(30)11-12-28-22(31)33-24(4,5)6/h9-10,16H,7-8,11-15H2,1-6H3,(H,26,29)(H,27,30)(H,28,31). The molecule has 1 aromatic rings. The summed E-state index contributed by atoms with van der Waals surface area (Å²) in [7, 11) is 0. The average molecular weight is 528 g/mol. The molecule has 0 spiro atoms. The lowest BCUT2D eigenvalue weighted by Gasteiger charge is -2.20. The Labute approximate surface area is 205 Å². The number of hydrogen-bond donors (Lipinski definition) is 3. The summed E-state index contributed by atoms with van der Waals surface area (Å²) in [6.07, 6.45) is 0.505. The van der Waals surface area contributed by atoms with Crippen LogP contribution < -0.4 is 20.7 Å². The molecular formula is C24H38BrN3O5. The molecule has 0 atom stereocenters. The van der Waals surface area contributed by atoms with Crippen molar-refractivity contribution in [1.29, 1.82) is 0 Å². The van der Waals surface area contributed by atoms with E-state index in [2.05, 4.69) is 64.8 Å². The molecule has 8 nitrogen and oxygen atoms in total. The number of carbonyl (C=O) groups is 3. The summed E-state index contributed by atoms with van der Waals surface area (Å²) >= 11 is 3.54. The second-order valence-corrected chi connectivity index (χ2v) is 10.6. The molecule has 1 rings (SSSR count). The zero-order chi connectivity index (χ0) is 25.1. The molecule has 0 aliphatic carbocycles. The quantitative estimate of drug-likeness (QED) is 0.376. The zero-order valence-electron chi connectivity index (χ0n) is 20.6. The third-order valence-electron chi connectivity index (χ3n) is 4.39. The zero-order valence-corrected chi connectivity index (χ0v) is 22.2. The molecule has 33 heavy (non-hydrogen) atoms. The number of ether oxygens (including phenoxy) is 2. The number of halogens is 1. The molecule has 0 radical (unpaired) electrons. The van der Waals surface area contributed by atoms with E-state index in [4.69, 9.17) is 9.47 Å². The van der Waals surface area contributed by atoms with Gasteiger partial charge in [-0.15, -0.1) is 0 Å². The van der Waals surface area contributed by atoms with Crippen LogP contribution in [0.3, 0.4) is 0 Å². The van der Waals surface area contributed by atoms with Gasteiger partial charge in [0, 0.05) is 32.5 Å². The van der Waals surface area contributed by atoms with Gasteiger partial charge in [-0.2, -0.15) is 0 Å². The molecule has 0 saturated carbocycles. The Kier molecular flexibility index (Phi) is 11.7. The predicted molar refractivity (Wildman–Crippen MR) is 132 cm³/mol. The van der Waals surface area contributed by atoms with Gasteiger partial charge in [0.25, 0.3) is 0 Å².